The summed E-state index contributed by atoms with van der Waals surface area (Å²) in [6, 6.07) is 0. The van der Waals surface area contributed by atoms with Gasteiger partial charge in [0, 0.05) is 12.4 Å². The first-order valence-electron chi connectivity index (χ1n) is 3.09. The summed E-state index contributed by atoms with van der Waals surface area (Å²) >= 11 is 5.33. The number of aromatic nitrogens is 2. The van der Waals surface area contributed by atoms with E-state index in [0.29, 0.717) is 5.13 Å². The third kappa shape index (κ3) is 1.59. The molecule has 0 aliphatic heterocycles. The van der Waals surface area contributed by atoms with Crippen molar-refractivity contribution in [2.24, 2.45) is 0 Å². The third-order valence-corrected chi connectivity index (χ3v) is 3.99. The molecule has 2 aromatic rings. The highest BCUT2D eigenvalue weighted by molar-refractivity contribution is 14.1. The Morgan fingerprint density at radius 2 is 1.83 bits per heavy atom. The lowest BCUT2D eigenvalue weighted by Gasteiger charge is -1.83. The molecule has 2 heterocycles. The number of nitrogens with two attached hydrogens (primary N) is 1. The van der Waals surface area contributed by atoms with E-state index < -0.39 is 0 Å². The van der Waals surface area contributed by atoms with E-state index in [1.54, 1.807) is 17.5 Å². The van der Waals surface area contributed by atoms with Crippen LogP contribution in [0.1, 0.15) is 0 Å². The fraction of sp³-hybridized carbons (Fsp3) is 0. The molecule has 0 fully saturated rings. The maximum absolute atomic E-state index is 5.51. The molecule has 0 spiro atoms. The van der Waals surface area contributed by atoms with Crippen LogP contribution in [0, 0.1) is 3.01 Å². The van der Waals surface area contributed by atoms with Crippen molar-refractivity contribution in [3.05, 3.63) is 15.4 Å². The summed E-state index contributed by atoms with van der Waals surface area (Å²) in [5.74, 6) is 0. The normalized spacial score (nSPS) is 10.4. The van der Waals surface area contributed by atoms with Gasteiger partial charge in [-0.15, -0.1) is 11.3 Å². The Bertz CT molecular complexity index is 357. The van der Waals surface area contributed by atoms with Crippen LogP contribution in [0.25, 0.3) is 9.75 Å². The highest BCUT2D eigenvalue weighted by Gasteiger charge is 2.05. The Morgan fingerprint density at radius 3 is 2.33 bits per heavy atom. The van der Waals surface area contributed by atoms with Gasteiger partial charge in [-0.3, -0.25) is 0 Å². The van der Waals surface area contributed by atoms with Crippen molar-refractivity contribution >= 4 is 50.4 Å². The van der Waals surface area contributed by atoms with Crippen LogP contribution in [0.15, 0.2) is 12.4 Å². The van der Waals surface area contributed by atoms with Gasteiger partial charge in [-0.05, 0) is 22.6 Å². The molecule has 6 heteroatoms. The third-order valence-electron chi connectivity index (χ3n) is 1.24. The van der Waals surface area contributed by atoms with Gasteiger partial charge in [0.05, 0.1) is 9.75 Å². The quantitative estimate of drug-likeness (QED) is 0.823. The molecule has 0 aliphatic rings. The largest absolute Gasteiger partial charge is 0.375 e. The molecular weight excluding hydrogens is 305 g/mol. The van der Waals surface area contributed by atoms with Gasteiger partial charge in [-0.2, -0.15) is 0 Å². The maximum Gasteiger partial charge on any atom is 0.180 e. The molecule has 0 saturated heterocycles. The molecule has 12 heavy (non-hydrogen) atoms. The number of nitrogen functional groups attached to an aromatic ring is 1. The lowest BCUT2D eigenvalue weighted by molar-refractivity contribution is 1.37. The number of anilines is 1. The molecule has 0 aliphatic carbocycles. The van der Waals surface area contributed by atoms with Crippen molar-refractivity contribution in [2.75, 3.05) is 5.73 Å². The topological polar surface area (TPSA) is 51.8 Å². The minimum atomic E-state index is 0.605. The highest BCUT2D eigenvalue weighted by Crippen LogP contribution is 2.31. The molecule has 0 amide bonds. The summed E-state index contributed by atoms with van der Waals surface area (Å²) in [4.78, 5) is 10.3. The van der Waals surface area contributed by atoms with Gasteiger partial charge >= 0.3 is 0 Å². The zero-order valence-electron chi connectivity index (χ0n) is 5.82. The maximum atomic E-state index is 5.51. The number of rotatable bonds is 1. The fourth-order valence-corrected chi connectivity index (χ4v) is 3.00. The standard InChI is InChI=1S/C6H4IN3S2/c7-5-9-1-3(11-5)4-2-10-6(8)12-4/h1-2H,(H2,8,10). The Hall–Kier alpha value is -0.210. The van der Waals surface area contributed by atoms with Crippen LogP contribution >= 0.6 is 45.3 Å². The number of hydrogen-bond donors (Lipinski definition) is 1. The molecule has 2 rings (SSSR count). The second-order valence-corrected chi connectivity index (χ2v) is 5.89. The predicted molar refractivity (Wildman–Crippen MR) is 60.4 cm³/mol. The molecule has 0 aromatic carbocycles. The van der Waals surface area contributed by atoms with Gasteiger partial charge in [0.25, 0.3) is 0 Å². The van der Waals surface area contributed by atoms with Crippen molar-refractivity contribution in [3.63, 3.8) is 0 Å². The van der Waals surface area contributed by atoms with Crippen LogP contribution < -0.4 is 5.73 Å². The van der Waals surface area contributed by atoms with Crippen molar-refractivity contribution < 1.29 is 0 Å². The fourth-order valence-electron chi connectivity index (χ4n) is 0.768. The van der Waals surface area contributed by atoms with Crippen LogP contribution in [0.2, 0.25) is 0 Å². The Morgan fingerprint density at radius 1 is 1.17 bits per heavy atom. The number of halogens is 1. The van der Waals surface area contributed by atoms with E-state index in [1.807, 2.05) is 6.20 Å². The van der Waals surface area contributed by atoms with E-state index in [-0.39, 0.29) is 0 Å². The molecule has 0 atom stereocenters. The molecule has 0 saturated carbocycles. The summed E-state index contributed by atoms with van der Waals surface area (Å²) in [5.41, 5.74) is 5.51. The minimum Gasteiger partial charge on any atom is -0.375 e. The average molecular weight is 309 g/mol. The monoisotopic (exact) mass is 309 g/mol. The Balaban J connectivity index is 2.43. The van der Waals surface area contributed by atoms with Crippen LogP contribution in [-0.2, 0) is 0 Å². The smallest absolute Gasteiger partial charge is 0.180 e. The SMILES string of the molecule is Nc1ncc(-c2cnc(I)s2)s1. The summed E-state index contributed by atoms with van der Waals surface area (Å²) in [7, 11) is 0. The van der Waals surface area contributed by atoms with Gasteiger partial charge in [0.15, 0.2) is 8.15 Å². The molecule has 2 N–H and O–H groups in total. The molecule has 0 bridgehead atoms. The zero-order valence-corrected chi connectivity index (χ0v) is 9.61. The van der Waals surface area contributed by atoms with Crippen LogP contribution in [-0.4, -0.2) is 9.97 Å². The molecule has 2 aromatic heterocycles. The molecule has 0 radical (unpaired) electrons. The minimum absolute atomic E-state index is 0.605. The summed E-state index contributed by atoms with van der Waals surface area (Å²) in [6.45, 7) is 0. The van der Waals surface area contributed by atoms with E-state index >= 15 is 0 Å². The van der Waals surface area contributed by atoms with E-state index in [2.05, 4.69) is 32.6 Å². The Kier molecular flexibility index (Phi) is 2.28. The van der Waals surface area contributed by atoms with E-state index in [9.17, 15) is 0 Å². The van der Waals surface area contributed by atoms with Crippen molar-refractivity contribution in [1.29, 1.82) is 0 Å². The molecule has 3 nitrogen and oxygen atoms in total. The van der Waals surface area contributed by atoms with E-state index in [1.165, 1.54) is 11.3 Å². The number of hydrogen-bond acceptors (Lipinski definition) is 5. The highest BCUT2D eigenvalue weighted by atomic mass is 127. The van der Waals surface area contributed by atoms with Crippen LogP contribution in [0.4, 0.5) is 5.13 Å². The van der Waals surface area contributed by atoms with Gasteiger partial charge in [-0.1, -0.05) is 11.3 Å². The second-order valence-electron chi connectivity index (χ2n) is 2.04. The summed E-state index contributed by atoms with van der Waals surface area (Å²) < 4.78 is 1.04. The molecule has 62 valence electrons. The van der Waals surface area contributed by atoms with Gasteiger partial charge < -0.3 is 5.73 Å². The lowest BCUT2D eigenvalue weighted by Crippen LogP contribution is -1.77. The zero-order chi connectivity index (χ0) is 8.55. The number of thiazole rings is 2. The van der Waals surface area contributed by atoms with Crippen LogP contribution in [0.5, 0.6) is 0 Å². The van der Waals surface area contributed by atoms with Crippen molar-refractivity contribution in [3.8, 4) is 9.75 Å². The molecular formula is C6H4IN3S2. The van der Waals surface area contributed by atoms with Gasteiger partial charge in [0.1, 0.15) is 0 Å². The summed E-state index contributed by atoms with van der Waals surface area (Å²) in [5, 5.41) is 0.605. The predicted octanol–water partition coefficient (Wildman–Crippen LogP) is 2.45. The van der Waals surface area contributed by atoms with Gasteiger partial charge in [0.2, 0.25) is 0 Å². The van der Waals surface area contributed by atoms with Crippen molar-refractivity contribution in [2.45, 2.75) is 0 Å². The Labute approximate surface area is 90.8 Å². The summed E-state index contributed by atoms with van der Waals surface area (Å²) in [6.07, 6.45) is 3.63. The number of nitrogens with zero attached hydrogens (tertiary/aromatic N) is 2. The van der Waals surface area contributed by atoms with Crippen LogP contribution in [0.3, 0.4) is 0 Å². The first-order chi connectivity index (χ1) is 5.75. The lowest BCUT2D eigenvalue weighted by atomic mass is 10.5. The second kappa shape index (κ2) is 3.27. The first-order valence-corrected chi connectivity index (χ1v) is 5.80. The average Bonchev–Trinajstić information content (AvgIpc) is 2.58. The van der Waals surface area contributed by atoms with E-state index in [0.717, 1.165) is 12.8 Å². The first kappa shape index (κ1) is 8.39. The van der Waals surface area contributed by atoms with Gasteiger partial charge in [-0.25, -0.2) is 9.97 Å². The van der Waals surface area contributed by atoms with E-state index in [4.69, 9.17) is 5.73 Å². The molecule has 0 unspecified atom stereocenters. The van der Waals surface area contributed by atoms with Crippen molar-refractivity contribution in [1.82, 2.24) is 9.97 Å².